The summed E-state index contributed by atoms with van der Waals surface area (Å²) in [4.78, 5) is 0. The van der Waals surface area contributed by atoms with Gasteiger partial charge >= 0.3 is 0 Å². The zero-order valence-corrected chi connectivity index (χ0v) is 10.6. The highest BCUT2D eigenvalue weighted by atomic mass is 16.3. The average molecular weight is 224 g/mol. The summed E-state index contributed by atoms with van der Waals surface area (Å²) >= 11 is 0. The highest BCUT2D eigenvalue weighted by Gasteiger charge is 2.20. The lowest BCUT2D eigenvalue weighted by Crippen LogP contribution is -2.50. The molecule has 1 unspecified atom stereocenters. The van der Waals surface area contributed by atoms with Crippen molar-refractivity contribution in [3.63, 3.8) is 0 Å². The first-order chi connectivity index (χ1) is 7.59. The Labute approximate surface area is 98.4 Å². The molecule has 0 saturated heterocycles. The van der Waals surface area contributed by atoms with Gasteiger partial charge in [-0.3, -0.25) is 0 Å². The van der Waals surface area contributed by atoms with E-state index in [9.17, 15) is 0 Å². The Hall–Kier alpha value is -0.800. The molecule has 0 bridgehead atoms. The first-order valence-electron chi connectivity index (χ1n) is 6.14. The molecule has 0 aliphatic rings. The van der Waals surface area contributed by atoms with E-state index in [0.717, 1.165) is 31.6 Å². The highest BCUT2D eigenvalue weighted by Crippen LogP contribution is 2.10. The van der Waals surface area contributed by atoms with Gasteiger partial charge in [0.1, 0.15) is 5.76 Å². The number of nitrogens with two attached hydrogens (primary N) is 1. The van der Waals surface area contributed by atoms with Crippen molar-refractivity contribution < 1.29 is 4.42 Å². The third-order valence-electron chi connectivity index (χ3n) is 3.30. The van der Waals surface area contributed by atoms with Crippen LogP contribution in [0.5, 0.6) is 0 Å². The normalized spacial score (nSPS) is 14.0. The van der Waals surface area contributed by atoms with Crippen molar-refractivity contribution >= 4 is 0 Å². The van der Waals surface area contributed by atoms with Crippen LogP contribution in [0.4, 0.5) is 0 Å². The van der Waals surface area contributed by atoms with Gasteiger partial charge in [-0.15, -0.1) is 0 Å². The summed E-state index contributed by atoms with van der Waals surface area (Å²) in [6.45, 7) is 7.31. The molecule has 1 aromatic heterocycles. The lowest BCUT2D eigenvalue weighted by Gasteiger charge is -2.28. The quantitative estimate of drug-likeness (QED) is 0.747. The molecule has 0 aliphatic heterocycles. The fourth-order valence-electron chi connectivity index (χ4n) is 1.68. The number of rotatable bonds is 7. The van der Waals surface area contributed by atoms with Crippen molar-refractivity contribution in [2.45, 2.75) is 51.6 Å². The van der Waals surface area contributed by atoms with Gasteiger partial charge in [-0.05, 0) is 31.9 Å². The molecule has 1 rings (SSSR count). The van der Waals surface area contributed by atoms with Crippen LogP contribution < -0.4 is 11.1 Å². The summed E-state index contributed by atoms with van der Waals surface area (Å²) in [6.07, 6.45) is 4.64. The molecule has 0 spiro atoms. The van der Waals surface area contributed by atoms with Crippen molar-refractivity contribution in [1.29, 1.82) is 0 Å². The van der Waals surface area contributed by atoms with Crippen LogP contribution in [-0.4, -0.2) is 18.1 Å². The van der Waals surface area contributed by atoms with Crippen LogP contribution in [0.25, 0.3) is 0 Å². The fourth-order valence-corrected chi connectivity index (χ4v) is 1.68. The maximum Gasteiger partial charge on any atom is 0.105 e. The van der Waals surface area contributed by atoms with Gasteiger partial charge in [0.2, 0.25) is 0 Å². The van der Waals surface area contributed by atoms with E-state index in [-0.39, 0.29) is 5.54 Å². The fraction of sp³-hybridized carbons (Fsp3) is 0.692. The molecule has 92 valence electrons. The second-order valence-electron chi connectivity index (χ2n) is 4.63. The van der Waals surface area contributed by atoms with Crippen LogP contribution in [-0.2, 0) is 6.42 Å². The molecule has 0 fully saturated rings. The largest absolute Gasteiger partial charge is 0.469 e. The van der Waals surface area contributed by atoms with E-state index in [0.29, 0.717) is 6.04 Å². The highest BCUT2D eigenvalue weighted by molar-refractivity contribution is 5.00. The van der Waals surface area contributed by atoms with Gasteiger partial charge in [-0.1, -0.05) is 13.8 Å². The molecular weight excluding hydrogens is 200 g/mol. The van der Waals surface area contributed by atoms with Gasteiger partial charge < -0.3 is 15.5 Å². The van der Waals surface area contributed by atoms with Crippen molar-refractivity contribution in [1.82, 2.24) is 5.32 Å². The van der Waals surface area contributed by atoms with Gasteiger partial charge in [0, 0.05) is 24.5 Å². The average Bonchev–Trinajstić information content (AvgIpc) is 2.79. The molecule has 3 nitrogen and oxygen atoms in total. The van der Waals surface area contributed by atoms with Crippen LogP contribution in [0.2, 0.25) is 0 Å². The van der Waals surface area contributed by atoms with E-state index in [2.05, 4.69) is 26.1 Å². The van der Waals surface area contributed by atoms with E-state index < -0.39 is 0 Å². The van der Waals surface area contributed by atoms with Gasteiger partial charge in [0.15, 0.2) is 0 Å². The Morgan fingerprint density at radius 1 is 1.44 bits per heavy atom. The van der Waals surface area contributed by atoms with Crippen LogP contribution >= 0.6 is 0 Å². The Balaban J connectivity index is 2.32. The smallest absolute Gasteiger partial charge is 0.105 e. The van der Waals surface area contributed by atoms with E-state index >= 15 is 0 Å². The predicted molar refractivity (Wildman–Crippen MR) is 67.4 cm³/mol. The number of nitrogens with one attached hydrogen (secondary N) is 1. The summed E-state index contributed by atoms with van der Waals surface area (Å²) in [7, 11) is 0. The number of hydrogen-bond donors (Lipinski definition) is 2. The van der Waals surface area contributed by atoms with E-state index in [4.69, 9.17) is 10.2 Å². The Bertz CT molecular complexity index is 278. The van der Waals surface area contributed by atoms with Crippen LogP contribution in [0, 0.1) is 0 Å². The first-order valence-corrected chi connectivity index (χ1v) is 6.14. The molecule has 0 radical (unpaired) electrons. The minimum Gasteiger partial charge on any atom is -0.469 e. The first kappa shape index (κ1) is 13.3. The van der Waals surface area contributed by atoms with E-state index in [1.807, 2.05) is 12.1 Å². The summed E-state index contributed by atoms with van der Waals surface area (Å²) < 4.78 is 5.32. The monoisotopic (exact) mass is 224 g/mol. The Morgan fingerprint density at radius 2 is 2.12 bits per heavy atom. The minimum absolute atomic E-state index is 0.0720. The van der Waals surface area contributed by atoms with Crippen LogP contribution in [0.15, 0.2) is 22.8 Å². The van der Waals surface area contributed by atoms with Crippen LogP contribution in [0.3, 0.4) is 0 Å². The summed E-state index contributed by atoms with van der Waals surface area (Å²) in [5.74, 6) is 1.02. The molecule has 1 aromatic rings. The zero-order valence-electron chi connectivity index (χ0n) is 10.6. The van der Waals surface area contributed by atoms with E-state index in [1.165, 1.54) is 0 Å². The molecule has 3 N–H and O–H groups in total. The number of furan rings is 1. The topological polar surface area (TPSA) is 51.2 Å². The zero-order chi connectivity index (χ0) is 12.0. The maximum absolute atomic E-state index is 6.23. The van der Waals surface area contributed by atoms with Crippen molar-refractivity contribution in [2.24, 2.45) is 5.73 Å². The Morgan fingerprint density at radius 3 is 2.62 bits per heavy atom. The molecular formula is C13H24N2O. The van der Waals surface area contributed by atoms with Crippen molar-refractivity contribution in [3.8, 4) is 0 Å². The Kier molecular flexibility index (Phi) is 5.03. The second-order valence-corrected chi connectivity index (χ2v) is 4.63. The van der Waals surface area contributed by atoms with Crippen molar-refractivity contribution in [3.05, 3.63) is 24.2 Å². The maximum atomic E-state index is 6.23. The summed E-state index contributed by atoms with van der Waals surface area (Å²) in [6, 6.07) is 4.33. The lowest BCUT2D eigenvalue weighted by molar-refractivity contribution is 0.344. The number of hydrogen-bond acceptors (Lipinski definition) is 3. The minimum atomic E-state index is -0.0720. The lowest BCUT2D eigenvalue weighted by atomic mass is 9.94. The van der Waals surface area contributed by atoms with Gasteiger partial charge in [-0.25, -0.2) is 0 Å². The molecule has 1 atom stereocenters. The van der Waals surface area contributed by atoms with E-state index in [1.54, 1.807) is 6.26 Å². The molecule has 0 amide bonds. The standard InChI is InChI=1S/C13H24N2O/c1-4-13(14,5-2)10-15-11(3)9-12-7-6-8-16-12/h6-8,11,15H,4-5,9-10,14H2,1-3H3. The van der Waals surface area contributed by atoms with Gasteiger partial charge in [0.05, 0.1) is 6.26 Å². The molecule has 1 heterocycles. The molecule has 16 heavy (non-hydrogen) atoms. The molecule has 3 heteroatoms. The van der Waals surface area contributed by atoms with Gasteiger partial charge in [-0.2, -0.15) is 0 Å². The third-order valence-corrected chi connectivity index (χ3v) is 3.30. The molecule has 0 saturated carbocycles. The van der Waals surface area contributed by atoms with Crippen molar-refractivity contribution in [2.75, 3.05) is 6.54 Å². The second kappa shape index (κ2) is 6.06. The third kappa shape index (κ3) is 3.99. The summed E-state index contributed by atoms with van der Waals surface area (Å²) in [5.41, 5.74) is 6.16. The summed E-state index contributed by atoms with van der Waals surface area (Å²) in [5, 5.41) is 3.48. The SMILES string of the molecule is CCC(N)(CC)CNC(C)Cc1ccco1. The van der Waals surface area contributed by atoms with Gasteiger partial charge in [0.25, 0.3) is 0 Å². The van der Waals surface area contributed by atoms with Crippen LogP contribution in [0.1, 0.15) is 39.4 Å². The predicted octanol–water partition coefficient (Wildman–Crippen LogP) is 2.32. The molecule has 0 aromatic carbocycles. The molecule has 0 aliphatic carbocycles.